The number of hydrogen-bond acceptors (Lipinski definition) is 3. The van der Waals surface area contributed by atoms with Gasteiger partial charge in [0.05, 0.1) is 12.4 Å². The van der Waals surface area contributed by atoms with Gasteiger partial charge in [0.25, 0.3) is 0 Å². The minimum Gasteiger partial charge on any atom is -0.493 e. The molecule has 0 N–H and O–H groups in total. The van der Waals surface area contributed by atoms with Crippen molar-refractivity contribution in [3.05, 3.63) is 54.6 Å². The number of hydrogen-bond donors (Lipinski definition) is 0. The zero-order valence-electron chi connectivity index (χ0n) is 11.5. The predicted molar refractivity (Wildman–Crippen MR) is 86.2 cm³/mol. The standard InChI is InChI=1S/C16H17ClO3S/c17-21(18,19)13-7-6-12-20-16-11-5-4-10-15(16)14-8-2-1-3-9-14/h1-5,8-11H,6-7,12-13H2. The molecule has 2 aromatic carbocycles. The van der Waals surface area contributed by atoms with Crippen molar-refractivity contribution in [3.8, 4) is 16.9 Å². The molecule has 0 heterocycles. The van der Waals surface area contributed by atoms with Crippen LogP contribution in [0.25, 0.3) is 11.1 Å². The highest BCUT2D eigenvalue weighted by molar-refractivity contribution is 8.13. The van der Waals surface area contributed by atoms with Gasteiger partial charge in [-0.3, -0.25) is 0 Å². The highest BCUT2D eigenvalue weighted by Crippen LogP contribution is 2.29. The maximum Gasteiger partial charge on any atom is 0.232 e. The summed E-state index contributed by atoms with van der Waals surface area (Å²) < 4.78 is 27.4. The van der Waals surface area contributed by atoms with E-state index < -0.39 is 9.05 Å². The van der Waals surface area contributed by atoms with Crippen LogP contribution >= 0.6 is 10.7 Å². The van der Waals surface area contributed by atoms with Crippen LogP contribution in [0.4, 0.5) is 0 Å². The van der Waals surface area contributed by atoms with E-state index in [1.54, 1.807) is 0 Å². The van der Waals surface area contributed by atoms with Crippen LogP contribution in [-0.4, -0.2) is 20.8 Å². The van der Waals surface area contributed by atoms with Gasteiger partial charge in [0.1, 0.15) is 5.75 Å². The monoisotopic (exact) mass is 324 g/mol. The molecule has 0 fully saturated rings. The van der Waals surface area contributed by atoms with Gasteiger partial charge in [0.2, 0.25) is 9.05 Å². The van der Waals surface area contributed by atoms with Gasteiger partial charge in [-0.2, -0.15) is 0 Å². The third kappa shape index (κ3) is 5.40. The smallest absolute Gasteiger partial charge is 0.232 e. The normalized spacial score (nSPS) is 11.3. The van der Waals surface area contributed by atoms with Gasteiger partial charge in [-0.25, -0.2) is 8.42 Å². The molecular formula is C16H17ClO3S. The molecule has 21 heavy (non-hydrogen) atoms. The van der Waals surface area contributed by atoms with Gasteiger partial charge in [-0.15, -0.1) is 0 Å². The molecule has 0 bridgehead atoms. The fourth-order valence-electron chi connectivity index (χ4n) is 2.01. The molecule has 0 aliphatic heterocycles. The average Bonchev–Trinajstić information content (AvgIpc) is 2.47. The van der Waals surface area contributed by atoms with Crippen LogP contribution in [0.1, 0.15) is 12.8 Å². The van der Waals surface area contributed by atoms with Gasteiger partial charge in [-0.1, -0.05) is 48.5 Å². The maximum atomic E-state index is 10.8. The summed E-state index contributed by atoms with van der Waals surface area (Å²) in [5.41, 5.74) is 2.12. The van der Waals surface area contributed by atoms with E-state index in [1.807, 2.05) is 54.6 Å². The first-order chi connectivity index (χ1) is 10.1. The number of halogens is 1. The first kappa shape index (κ1) is 15.9. The van der Waals surface area contributed by atoms with Crippen molar-refractivity contribution in [2.45, 2.75) is 12.8 Å². The first-order valence-corrected chi connectivity index (χ1v) is 9.24. The Morgan fingerprint density at radius 1 is 0.905 bits per heavy atom. The molecule has 5 heteroatoms. The van der Waals surface area contributed by atoms with Crippen molar-refractivity contribution < 1.29 is 13.2 Å². The fourth-order valence-corrected chi connectivity index (χ4v) is 2.88. The molecule has 2 rings (SSSR count). The zero-order valence-corrected chi connectivity index (χ0v) is 13.1. The third-order valence-corrected chi connectivity index (χ3v) is 4.25. The molecule has 112 valence electrons. The quantitative estimate of drug-likeness (QED) is 0.569. The summed E-state index contributed by atoms with van der Waals surface area (Å²) in [5, 5.41) is 0. The van der Waals surface area contributed by atoms with Crippen LogP contribution in [0.2, 0.25) is 0 Å². The Morgan fingerprint density at radius 2 is 1.57 bits per heavy atom. The topological polar surface area (TPSA) is 43.4 Å². The summed E-state index contributed by atoms with van der Waals surface area (Å²) in [6, 6.07) is 17.8. The van der Waals surface area contributed by atoms with Crippen LogP contribution in [-0.2, 0) is 9.05 Å². The lowest BCUT2D eigenvalue weighted by atomic mass is 10.1. The SMILES string of the molecule is O=S(=O)(Cl)CCCCOc1ccccc1-c1ccccc1. The van der Waals surface area contributed by atoms with Gasteiger partial charge >= 0.3 is 0 Å². The Hall–Kier alpha value is -1.52. The van der Waals surface area contributed by atoms with Crippen LogP contribution in [0, 0.1) is 0 Å². The number of benzene rings is 2. The molecule has 0 saturated carbocycles. The number of ether oxygens (including phenoxy) is 1. The highest BCUT2D eigenvalue weighted by atomic mass is 35.7. The van der Waals surface area contributed by atoms with Crippen LogP contribution in [0.5, 0.6) is 5.75 Å². The second-order valence-electron chi connectivity index (χ2n) is 4.66. The summed E-state index contributed by atoms with van der Waals surface area (Å²) in [6.07, 6.45) is 1.15. The van der Waals surface area contributed by atoms with E-state index in [9.17, 15) is 8.42 Å². The molecule has 0 spiro atoms. The molecule has 0 unspecified atom stereocenters. The minimum absolute atomic E-state index is 0.0156. The van der Waals surface area contributed by atoms with Crippen LogP contribution in [0.3, 0.4) is 0 Å². The van der Waals surface area contributed by atoms with E-state index in [-0.39, 0.29) is 5.75 Å². The first-order valence-electron chi connectivity index (χ1n) is 6.76. The molecule has 0 atom stereocenters. The van der Waals surface area contributed by atoms with Gasteiger partial charge in [-0.05, 0) is 24.5 Å². The van der Waals surface area contributed by atoms with E-state index in [1.165, 1.54) is 0 Å². The third-order valence-electron chi connectivity index (χ3n) is 3.01. The fraction of sp³-hybridized carbons (Fsp3) is 0.250. The predicted octanol–water partition coefficient (Wildman–Crippen LogP) is 4.08. The molecule has 0 saturated heterocycles. The Labute approximate surface area is 129 Å². The van der Waals surface area contributed by atoms with Crippen LogP contribution < -0.4 is 4.74 Å². The molecule has 0 radical (unpaired) electrons. The molecular weight excluding hydrogens is 308 g/mol. The Morgan fingerprint density at radius 3 is 2.29 bits per heavy atom. The lowest BCUT2D eigenvalue weighted by Crippen LogP contribution is -2.03. The van der Waals surface area contributed by atoms with E-state index in [0.29, 0.717) is 19.4 Å². The van der Waals surface area contributed by atoms with Crippen molar-refractivity contribution in [3.63, 3.8) is 0 Å². The molecule has 0 aromatic heterocycles. The van der Waals surface area contributed by atoms with E-state index >= 15 is 0 Å². The Balaban J connectivity index is 1.95. The molecule has 2 aromatic rings. The van der Waals surface area contributed by atoms with E-state index in [4.69, 9.17) is 15.4 Å². The second-order valence-corrected chi connectivity index (χ2v) is 7.56. The zero-order chi connectivity index (χ0) is 15.1. The average molecular weight is 325 g/mol. The van der Waals surface area contributed by atoms with Crippen LogP contribution in [0.15, 0.2) is 54.6 Å². The number of unbranched alkanes of at least 4 members (excludes halogenated alkanes) is 1. The van der Waals surface area contributed by atoms with E-state index in [2.05, 4.69) is 0 Å². The minimum atomic E-state index is -3.40. The van der Waals surface area contributed by atoms with E-state index in [0.717, 1.165) is 16.9 Å². The lowest BCUT2D eigenvalue weighted by Gasteiger charge is -2.11. The van der Waals surface area contributed by atoms with Gasteiger partial charge in [0.15, 0.2) is 0 Å². The maximum absolute atomic E-state index is 10.8. The number of rotatable bonds is 7. The molecule has 0 amide bonds. The second kappa shape index (κ2) is 7.48. The lowest BCUT2D eigenvalue weighted by molar-refractivity contribution is 0.311. The summed E-state index contributed by atoms with van der Waals surface area (Å²) in [5.74, 6) is 0.788. The van der Waals surface area contributed by atoms with Crippen molar-refractivity contribution >= 4 is 19.7 Å². The summed E-state index contributed by atoms with van der Waals surface area (Å²) in [4.78, 5) is 0. The Bertz CT molecular complexity index is 669. The molecule has 3 nitrogen and oxygen atoms in total. The van der Waals surface area contributed by atoms with Crippen molar-refractivity contribution in [2.24, 2.45) is 0 Å². The van der Waals surface area contributed by atoms with Crippen molar-refractivity contribution in [2.75, 3.05) is 12.4 Å². The summed E-state index contributed by atoms with van der Waals surface area (Å²) >= 11 is 0. The number of para-hydroxylation sites is 1. The van der Waals surface area contributed by atoms with Gasteiger partial charge in [0, 0.05) is 16.2 Å². The Kier molecular flexibility index (Phi) is 5.65. The molecule has 0 aliphatic carbocycles. The summed E-state index contributed by atoms with van der Waals surface area (Å²) in [6.45, 7) is 0.469. The largest absolute Gasteiger partial charge is 0.493 e. The van der Waals surface area contributed by atoms with Crippen molar-refractivity contribution in [1.82, 2.24) is 0 Å². The van der Waals surface area contributed by atoms with Crippen molar-refractivity contribution in [1.29, 1.82) is 0 Å². The molecule has 0 aliphatic rings. The highest BCUT2D eigenvalue weighted by Gasteiger charge is 2.06. The van der Waals surface area contributed by atoms with Gasteiger partial charge < -0.3 is 4.74 Å². The summed E-state index contributed by atoms with van der Waals surface area (Å²) in [7, 11) is 1.76.